The molecule has 0 atom stereocenters. The van der Waals surface area contributed by atoms with Crippen LogP contribution in [0.1, 0.15) is 70.2 Å². The summed E-state index contributed by atoms with van der Waals surface area (Å²) in [5.74, 6) is -0.495. The molecule has 0 unspecified atom stereocenters. The number of urea groups is 1. The molecule has 0 radical (unpaired) electrons. The van der Waals surface area contributed by atoms with Crippen LogP contribution in [0.25, 0.3) is 0 Å². The third kappa shape index (κ3) is 4.11. The number of carbonyl (C=O) groups excluding carboxylic acids is 4. The van der Waals surface area contributed by atoms with Gasteiger partial charge in [-0.1, -0.05) is 39.3 Å². The molecule has 2 N–H and O–H groups in total. The molecule has 162 valence electrons. The first-order valence-electron chi connectivity index (χ1n) is 10.6. The molecular weight excluding hydrogens is 382 g/mol. The lowest BCUT2D eigenvalue weighted by atomic mass is 9.65. The van der Waals surface area contributed by atoms with Crippen molar-refractivity contribution < 1.29 is 19.2 Å². The summed E-state index contributed by atoms with van der Waals surface area (Å²) in [4.78, 5) is 50.9. The number of rotatable bonds is 6. The van der Waals surface area contributed by atoms with Crippen molar-refractivity contribution in [2.45, 2.75) is 65.3 Å². The van der Waals surface area contributed by atoms with Crippen LogP contribution in [0.15, 0.2) is 24.3 Å². The number of hydrogen-bond donors (Lipinski definition) is 2. The van der Waals surface area contributed by atoms with Crippen molar-refractivity contribution in [3.05, 3.63) is 29.8 Å². The first-order chi connectivity index (χ1) is 14.1. The third-order valence-corrected chi connectivity index (χ3v) is 6.98. The van der Waals surface area contributed by atoms with E-state index in [2.05, 4.69) is 31.4 Å². The molecule has 1 saturated heterocycles. The molecular formula is C23H31N3O4. The maximum atomic E-state index is 13.1. The molecule has 1 spiro atoms. The minimum Gasteiger partial charge on any atom is -0.324 e. The number of amides is 4. The monoisotopic (exact) mass is 413 g/mol. The predicted octanol–water partition coefficient (Wildman–Crippen LogP) is 3.74. The van der Waals surface area contributed by atoms with Gasteiger partial charge in [-0.25, -0.2) is 4.79 Å². The topological polar surface area (TPSA) is 95.6 Å². The van der Waals surface area contributed by atoms with Crippen molar-refractivity contribution in [1.29, 1.82) is 0 Å². The second kappa shape index (κ2) is 8.20. The Kier molecular flexibility index (Phi) is 6.01. The summed E-state index contributed by atoms with van der Waals surface area (Å²) in [6, 6.07) is 6.14. The number of carbonyl (C=O) groups is 4. The van der Waals surface area contributed by atoms with E-state index in [1.165, 1.54) is 6.92 Å². The fraction of sp³-hybridized carbons (Fsp3) is 0.565. The van der Waals surface area contributed by atoms with Gasteiger partial charge in [0.1, 0.15) is 12.1 Å². The Bertz CT molecular complexity index is 869. The van der Waals surface area contributed by atoms with Gasteiger partial charge in [0.05, 0.1) is 5.69 Å². The molecule has 4 amide bonds. The fourth-order valence-electron chi connectivity index (χ4n) is 4.57. The molecule has 2 aliphatic rings. The van der Waals surface area contributed by atoms with E-state index in [-0.39, 0.29) is 23.7 Å². The van der Waals surface area contributed by atoms with Gasteiger partial charge in [0.25, 0.3) is 5.91 Å². The van der Waals surface area contributed by atoms with E-state index in [9.17, 15) is 19.2 Å². The van der Waals surface area contributed by atoms with Gasteiger partial charge in [0.2, 0.25) is 5.91 Å². The van der Waals surface area contributed by atoms with Crippen LogP contribution in [0.4, 0.5) is 10.5 Å². The average molecular weight is 414 g/mol. The molecule has 0 bridgehead atoms. The predicted molar refractivity (Wildman–Crippen MR) is 114 cm³/mol. The largest absolute Gasteiger partial charge is 0.325 e. The van der Waals surface area contributed by atoms with E-state index in [1.54, 1.807) is 24.3 Å². The summed E-state index contributed by atoms with van der Waals surface area (Å²) in [5.41, 5.74) is 0.0711. The zero-order valence-corrected chi connectivity index (χ0v) is 18.2. The second-order valence-corrected chi connectivity index (χ2v) is 9.17. The molecule has 1 aliphatic carbocycles. The Labute approximate surface area is 177 Å². The number of para-hydroxylation sites is 1. The number of ketones is 1. The van der Waals surface area contributed by atoms with Gasteiger partial charge in [0, 0.05) is 5.56 Å². The summed E-state index contributed by atoms with van der Waals surface area (Å²) in [6.07, 6.45) is 4.00. The van der Waals surface area contributed by atoms with E-state index < -0.39 is 17.5 Å². The molecule has 1 aromatic rings. The molecule has 7 nitrogen and oxygen atoms in total. The van der Waals surface area contributed by atoms with Crippen LogP contribution >= 0.6 is 0 Å². The standard InChI is InChI=1S/C23H31N3O4/c1-5-22(3,4)16-10-12-23(13-11-16)20(29)26(21(30)25-23)14-19(28)24-18-9-7-6-8-17(18)15(2)27/h6-9,16H,5,10-14H2,1-4H3,(H,24,28)(H,25,30). The van der Waals surface area contributed by atoms with Crippen LogP contribution in [-0.2, 0) is 9.59 Å². The highest BCUT2D eigenvalue weighted by molar-refractivity contribution is 6.11. The quantitative estimate of drug-likeness (QED) is 0.548. The highest BCUT2D eigenvalue weighted by Gasteiger charge is 2.53. The lowest BCUT2D eigenvalue weighted by Crippen LogP contribution is -2.51. The number of imide groups is 1. The van der Waals surface area contributed by atoms with Crippen LogP contribution in [-0.4, -0.2) is 40.6 Å². The average Bonchev–Trinajstić information content (AvgIpc) is 2.92. The summed E-state index contributed by atoms with van der Waals surface area (Å²) < 4.78 is 0. The fourth-order valence-corrected chi connectivity index (χ4v) is 4.57. The lowest BCUT2D eigenvalue weighted by molar-refractivity contribution is -0.135. The first-order valence-corrected chi connectivity index (χ1v) is 10.6. The number of benzene rings is 1. The summed E-state index contributed by atoms with van der Waals surface area (Å²) >= 11 is 0. The number of anilines is 1. The molecule has 1 heterocycles. The molecule has 3 rings (SSSR count). The van der Waals surface area contributed by atoms with Crippen molar-refractivity contribution in [1.82, 2.24) is 10.2 Å². The van der Waals surface area contributed by atoms with Crippen molar-refractivity contribution in [3.8, 4) is 0 Å². The van der Waals surface area contributed by atoms with E-state index in [0.29, 0.717) is 30.0 Å². The molecule has 2 fully saturated rings. The summed E-state index contributed by atoms with van der Waals surface area (Å²) in [7, 11) is 0. The van der Waals surface area contributed by atoms with Gasteiger partial charge in [-0.15, -0.1) is 0 Å². The molecule has 7 heteroatoms. The third-order valence-electron chi connectivity index (χ3n) is 6.98. The Morgan fingerprint density at radius 3 is 2.43 bits per heavy atom. The van der Waals surface area contributed by atoms with E-state index in [4.69, 9.17) is 0 Å². The lowest BCUT2D eigenvalue weighted by Gasteiger charge is -2.42. The maximum Gasteiger partial charge on any atom is 0.325 e. The number of hydrogen-bond acceptors (Lipinski definition) is 4. The number of Topliss-reactive ketones (excluding diaryl/α,β-unsaturated/α-hetero) is 1. The van der Waals surface area contributed by atoms with Crippen LogP contribution in [0.5, 0.6) is 0 Å². The highest BCUT2D eigenvalue weighted by Crippen LogP contribution is 2.45. The Hall–Kier alpha value is -2.70. The first kappa shape index (κ1) is 22.0. The molecule has 1 aliphatic heterocycles. The number of nitrogens with one attached hydrogen (secondary N) is 2. The molecule has 1 aromatic carbocycles. The van der Waals surface area contributed by atoms with E-state index >= 15 is 0 Å². The number of nitrogens with zero attached hydrogens (tertiary/aromatic N) is 1. The highest BCUT2D eigenvalue weighted by atomic mass is 16.2. The zero-order valence-electron chi connectivity index (χ0n) is 18.2. The van der Waals surface area contributed by atoms with Gasteiger partial charge >= 0.3 is 6.03 Å². The van der Waals surface area contributed by atoms with Gasteiger partial charge in [-0.2, -0.15) is 0 Å². The molecule has 30 heavy (non-hydrogen) atoms. The van der Waals surface area contributed by atoms with Gasteiger partial charge in [-0.05, 0) is 56.1 Å². The SMILES string of the molecule is CCC(C)(C)C1CCC2(CC1)NC(=O)N(CC(=O)Nc1ccccc1C(C)=O)C2=O. The van der Waals surface area contributed by atoms with Crippen molar-refractivity contribution >= 4 is 29.3 Å². The minimum absolute atomic E-state index is 0.174. The van der Waals surface area contributed by atoms with Crippen molar-refractivity contribution in [2.24, 2.45) is 11.3 Å². The van der Waals surface area contributed by atoms with Crippen LogP contribution in [0.3, 0.4) is 0 Å². The smallest absolute Gasteiger partial charge is 0.324 e. The van der Waals surface area contributed by atoms with Crippen LogP contribution in [0, 0.1) is 11.3 Å². The van der Waals surface area contributed by atoms with Crippen molar-refractivity contribution in [3.63, 3.8) is 0 Å². The Morgan fingerprint density at radius 2 is 1.83 bits per heavy atom. The second-order valence-electron chi connectivity index (χ2n) is 9.17. The van der Waals surface area contributed by atoms with Crippen LogP contribution < -0.4 is 10.6 Å². The molecule has 1 saturated carbocycles. The minimum atomic E-state index is -0.894. The summed E-state index contributed by atoms with van der Waals surface area (Å²) in [5, 5.41) is 5.51. The Balaban J connectivity index is 1.66. The molecule has 0 aromatic heterocycles. The van der Waals surface area contributed by atoms with E-state index in [0.717, 1.165) is 24.2 Å². The van der Waals surface area contributed by atoms with Gasteiger partial charge < -0.3 is 10.6 Å². The van der Waals surface area contributed by atoms with E-state index in [1.807, 2.05) is 0 Å². The Morgan fingerprint density at radius 1 is 1.20 bits per heavy atom. The maximum absolute atomic E-state index is 13.1. The van der Waals surface area contributed by atoms with Crippen LogP contribution in [0.2, 0.25) is 0 Å². The summed E-state index contributed by atoms with van der Waals surface area (Å²) in [6.45, 7) is 7.73. The van der Waals surface area contributed by atoms with Gasteiger partial charge in [0.15, 0.2) is 5.78 Å². The van der Waals surface area contributed by atoms with Crippen molar-refractivity contribution in [2.75, 3.05) is 11.9 Å². The normalized spacial score (nSPS) is 24.1. The van der Waals surface area contributed by atoms with Gasteiger partial charge in [-0.3, -0.25) is 19.3 Å². The zero-order chi connectivity index (χ0) is 22.1.